The Hall–Kier alpha value is -1.52. The molecule has 0 radical (unpaired) electrons. The Bertz CT molecular complexity index is 583. The lowest BCUT2D eigenvalue weighted by Crippen LogP contribution is -2.33. The van der Waals surface area contributed by atoms with Crippen molar-refractivity contribution in [2.24, 2.45) is 0 Å². The van der Waals surface area contributed by atoms with Gasteiger partial charge in [-0.3, -0.25) is 4.79 Å². The molecular formula is C15H17ClF6N2O2. The average Bonchev–Trinajstić information content (AvgIpc) is 2.98. The van der Waals surface area contributed by atoms with E-state index in [9.17, 15) is 31.1 Å². The van der Waals surface area contributed by atoms with Gasteiger partial charge < -0.3 is 15.4 Å². The fourth-order valence-electron chi connectivity index (χ4n) is 2.38. The van der Waals surface area contributed by atoms with E-state index < -0.39 is 35.1 Å². The quantitative estimate of drug-likeness (QED) is 0.730. The van der Waals surface area contributed by atoms with Crippen LogP contribution in [-0.4, -0.2) is 31.7 Å². The fourth-order valence-corrected chi connectivity index (χ4v) is 2.38. The molecule has 1 aliphatic heterocycles. The maximum absolute atomic E-state index is 12.7. The van der Waals surface area contributed by atoms with E-state index in [1.54, 1.807) is 0 Å². The number of hydrogen-bond donors (Lipinski definition) is 2. The number of halogens is 7. The summed E-state index contributed by atoms with van der Waals surface area (Å²) in [6, 6.07) is 0.936. The first kappa shape index (κ1) is 22.5. The summed E-state index contributed by atoms with van der Waals surface area (Å²) in [5.74, 6) is -0.745. The molecule has 0 aromatic heterocycles. The third-order valence-electron chi connectivity index (χ3n) is 3.55. The van der Waals surface area contributed by atoms with E-state index in [0.717, 1.165) is 12.8 Å². The van der Waals surface area contributed by atoms with E-state index in [2.05, 4.69) is 10.6 Å². The highest BCUT2D eigenvalue weighted by Gasteiger charge is 2.37. The Morgan fingerprint density at radius 2 is 1.65 bits per heavy atom. The third kappa shape index (κ3) is 6.65. The Morgan fingerprint density at radius 3 is 2.12 bits per heavy atom. The molecule has 1 amide bonds. The summed E-state index contributed by atoms with van der Waals surface area (Å²) < 4.78 is 81.8. The van der Waals surface area contributed by atoms with Gasteiger partial charge in [0.2, 0.25) is 5.91 Å². The topological polar surface area (TPSA) is 50.4 Å². The van der Waals surface area contributed by atoms with Gasteiger partial charge in [0.15, 0.2) is 0 Å². The summed E-state index contributed by atoms with van der Waals surface area (Å²) in [7, 11) is 0. The zero-order valence-corrected chi connectivity index (χ0v) is 14.2. The maximum atomic E-state index is 12.7. The molecule has 26 heavy (non-hydrogen) atoms. The summed E-state index contributed by atoms with van der Waals surface area (Å²) in [5.41, 5.74) is -3.53. The summed E-state index contributed by atoms with van der Waals surface area (Å²) in [6.45, 7) is 0.754. The molecule has 1 heterocycles. The predicted molar refractivity (Wildman–Crippen MR) is 84.2 cm³/mol. The highest BCUT2D eigenvalue weighted by atomic mass is 35.5. The van der Waals surface area contributed by atoms with E-state index in [1.807, 2.05) is 0 Å². The molecule has 4 nitrogen and oxygen atoms in total. The molecule has 1 aromatic carbocycles. The zero-order valence-electron chi connectivity index (χ0n) is 13.3. The van der Waals surface area contributed by atoms with Crippen LogP contribution in [0.15, 0.2) is 18.2 Å². The van der Waals surface area contributed by atoms with Crippen LogP contribution in [0.4, 0.5) is 32.0 Å². The van der Waals surface area contributed by atoms with Gasteiger partial charge in [-0.05, 0) is 31.0 Å². The number of carbonyl (C=O) groups is 1. The summed E-state index contributed by atoms with van der Waals surface area (Å²) >= 11 is 0. The molecule has 2 rings (SSSR count). The second-order valence-corrected chi connectivity index (χ2v) is 5.61. The maximum Gasteiger partial charge on any atom is 0.416 e. The van der Waals surface area contributed by atoms with E-state index in [4.69, 9.17) is 4.74 Å². The second kappa shape index (κ2) is 8.92. The van der Waals surface area contributed by atoms with Crippen molar-refractivity contribution in [1.82, 2.24) is 5.32 Å². The number of anilines is 1. The van der Waals surface area contributed by atoms with Gasteiger partial charge in [0, 0.05) is 18.8 Å². The van der Waals surface area contributed by atoms with E-state index in [1.165, 1.54) is 0 Å². The lowest BCUT2D eigenvalue weighted by molar-refractivity contribution is -0.143. The predicted octanol–water partition coefficient (Wildman–Crippen LogP) is 3.85. The van der Waals surface area contributed by atoms with E-state index in [-0.39, 0.29) is 31.1 Å². The Labute approximate surface area is 151 Å². The number of hydrogen-bond acceptors (Lipinski definition) is 3. The van der Waals surface area contributed by atoms with Crippen molar-refractivity contribution >= 4 is 24.0 Å². The van der Waals surface area contributed by atoms with Gasteiger partial charge in [0.25, 0.3) is 0 Å². The number of nitrogens with one attached hydrogen (secondary N) is 2. The van der Waals surface area contributed by atoms with Gasteiger partial charge in [0.05, 0.1) is 23.8 Å². The van der Waals surface area contributed by atoms with Crippen molar-refractivity contribution in [3.8, 4) is 0 Å². The molecule has 1 saturated heterocycles. The van der Waals surface area contributed by atoms with Crippen LogP contribution in [0.1, 0.15) is 24.0 Å². The van der Waals surface area contributed by atoms with Crippen molar-refractivity contribution in [2.75, 3.05) is 25.0 Å². The van der Waals surface area contributed by atoms with Gasteiger partial charge in [0.1, 0.15) is 0 Å². The lowest BCUT2D eigenvalue weighted by atomic mass is 10.1. The highest BCUT2D eigenvalue weighted by molar-refractivity contribution is 5.92. The molecule has 1 unspecified atom stereocenters. The Morgan fingerprint density at radius 1 is 1.08 bits per heavy atom. The lowest BCUT2D eigenvalue weighted by Gasteiger charge is -2.15. The average molecular weight is 407 g/mol. The first-order chi connectivity index (χ1) is 11.6. The minimum Gasteiger partial charge on any atom is -0.377 e. The minimum absolute atomic E-state index is 0. The molecule has 11 heteroatoms. The first-order valence-electron chi connectivity index (χ1n) is 7.47. The molecule has 0 aliphatic carbocycles. The summed E-state index contributed by atoms with van der Waals surface area (Å²) in [5, 5.41) is 4.81. The molecule has 0 bridgehead atoms. The van der Waals surface area contributed by atoms with Crippen LogP contribution in [-0.2, 0) is 21.9 Å². The molecule has 1 fully saturated rings. The zero-order chi connectivity index (χ0) is 18.7. The first-order valence-corrected chi connectivity index (χ1v) is 7.47. The molecule has 148 valence electrons. The van der Waals surface area contributed by atoms with Crippen molar-refractivity contribution in [2.45, 2.75) is 31.3 Å². The van der Waals surface area contributed by atoms with Crippen LogP contribution in [0.3, 0.4) is 0 Å². The van der Waals surface area contributed by atoms with Crippen LogP contribution in [0.25, 0.3) is 0 Å². The summed E-state index contributed by atoms with van der Waals surface area (Å²) in [4.78, 5) is 11.7. The highest BCUT2D eigenvalue weighted by Crippen LogP contribution is 2.37. The fraction of sp³-hybridized carbons (Fsp3) is 0.533. The number of amides is 1. The molecule has 1 atom stereocenters. The van der Waals surface area contributed by atoms with Crippen LogP contribution in [0.5, 0.6) is 0 Å². The van der Waals surface area contributed by atoms with Crippen molar-refractivity contribution in [3.05, 3.63) is 29.3 Å². The Balaban J connectivity index is 0.00000338. The van der Waals surface area contributed by atoms with Gasteiger partial charge in [-0.25, -0.2) is 0 Å². The Kier molecular flexibility index (Phi) is 7.72. The molecule has 0 spiro atoms. The smallest absolute Gasteiger partial charge is 0.377 e. The SMILES string of the molecule is Cl.O=C(CNCC1CCCO1)Nc1cc(C(F)(F)F)cc(C(F)(F)F)c1. The molecule has 2 N–H and O–H groups in total. The normalized spacial score (nSPS) is 17.7. The van der Waals surface area contributed by atoms with Crippen LogP contribution in [0.2, 0.25) is 0 Å². The van der Waals surface area contributed by atoms with Crippen LogP contribution < -0.4 is 10.6 Å². The van der Waals surface area contributed by atoms with Crippen molar-refractivity contribution in [1.29, 1.82) is 0 Å². The van der Waals surface area contributed by atoms with Gasteiger partial charge in [-0.1, -0.05) is 0 Å². The van der Waals surface area contributed by atoms with Gasteiger partial charge >= 0.3 is 12.4 Å². The number of alkyl halides is 6. The monoisotopic (exact) mass is 406 g/mol. The van der Waals surface area contributed by atoms with E-state index in [0.29, 0.717) is 25.3 Å². The number of ether oxygens (including phenoxy) is 1. The molecule has 1 aliphatic rings. The minimum atomic E-state index is -4.96. The molecular weight excluding hydrogens is 390 g/mol. The molecule has 0 saturated carbocycles. The van der Waals surface area contributed by atoms with Crippen molar-refractivity contribution < 1.29 is 35.9 Å². The number of benzene rings is 1. The summed E-state index contributed by atoms with van der Waals surface area (Å²) in [6.07, 6.45) is -8.23. The number of carbonyl (C=O) groups excluding carboxylic acids is 1. The van der Waals surface area contributed by atoms with Crippen molar-refractivity contribution in [3.63, 3.8) is 0 Å². The second-order valence-electron chi connectivity index (χ2n) is 5.61. The standard InChI is InChI=1S/C15H16F6N2O2.ClH/c16-14(17,18)9-4-10(15(19,20)21)6-11(5-9)23-13(24)8-22-7-12-2-1-3-25-12;/h4-6,12,22H,1-3,7-8H2,(H,23,24);1H. The van der Waals surface area contributed by atoms with Crippen LogP contribution in [0, 0.1) is 0 Å². The largest absolute Gasteiger partial charge is 0.416 e. The third-order valence-corrected chi connectivity index (χ3v) is 3.55. The number of rotatable bonds is 5. The van der Waals surface area contributed by atoms with Gasteiger partial charge in [-0.2, -0.15) is 26.3 Å². The van der Waals surface area contributed by atoms with Gasteiger partial charge in [-0.15, -0.1) is 12.4 Å². The molecule has 1 aromatic rings. The van der Waals surface area contributed by atoms with E-state index >= 15 is 0 Å². The van der Waals surface area contributed by atoms with Crippen LogP contribution >= 0.6 is 12.4 Å².